The van der Waals surface area contributed by atoms with Crippen LogP contribution >= 0.6 is 0 Å². The summed E-state index contributed by atoms with van der Waals surface area (Å²) in [7, 11) is 4.42. The molecule has 114 valence electrons. The van der Waals surface area contributed by atoms with Gasteiger partial charge in [-0.2, -0.15) is 0 Å². The normalized spacial score (nSPS) is 21.8. The molecule has 3 N–H and O–H groups in total. The van der Waals surface area contributed by atoms with Crippen molar-refractivity contribution >= 4 is 0 Å². The first-order chi connectivity index (χ1) is 8.99. The Morgan fingerprint density at radius 1 is 1.37 bits per heavy atom. The summed E-state index contributed by atoms with van der Waals surface area (Å²) in [5, 5.41) is 9.29. The minimum Gasteiger partial charge on any atom is -0.394 e. The summed E-state index contributed by atoms with van der Waals surface area (Å²) in [5.41, 5.74) is 5.74. The first kappa shape index (κ1) is 16.9. The molecule has 0 aromatic carbocycles. The van der Waals surface area contributed by atoms with E-state index < -0.39 is 0 Å². The van der Waals surface area contributed by atoms with Crippen molar-refractivity contribution in [1.29, 1.82) is 0 Å². The fourth-order valence-corrected chi connectivity index (χ4v) is 2.85. The minimum atomic E-state index is -0.367. The number of piperidine rings is 1. The number of hydrogen-bond donors (Lipinski definition) is 2. The van der Waals surface area contributed by atoms with E-state index >= 15 is 0 Å². The number of aliphatic hydroxyl groups is 1. The van der Waals surface area contributed by atoms with Crippen LogP contribution in [0.1, 0.15) is 39.0 Å². The summed E-state index contributed by atoms with van der Waals surface area (Å²) in [5.74, 6) is 0.854. The van der Waals surface area contributed by atoms with E-state index in [0.29, 0.717) is 0 Å². The number of rotatable bonds is 8. The summed E-state index contributed by atoms with van der Waals surface area (Å²) in [6.45, 7) is 6.93. The zero-order valence-corrected chi connectivity index (χ0v) is 13.1. The molecule has 0 aliphatic carbocycles. The van der Waals surface area contributed by atoms with Gasteiger partial charge in [0.2, 0.25) is 0 Å². The van der Waals surface area contributed by atoms with Crippen molar-refractivity contribution in [3.05, 3.63) is 0 Å². The van der Waals surface area contributed by atoms with Crippen molar-refractivity contribution in [2.45, 2.75) is 44.6 Å². The van der Waals surface area contributed by atoms with Gasteiger partial charge in [-0.15, -0.1) is 0 Å². The van der Waals surface area contributed by atoms with Crippen molar-refractivity contribution in [3.63, 3.8) is 0 Å². The van der Waals surface area contributed by atoms with Gasteiger partial charge in [-0.25, -0.2) is 0 Å². The highest BCUT2D eigenvalue weighted by Crippen LogP contribution is 2.18. The van der Waals surface area contributed by atoms with Gasteiger partial charge in [0.1, 0.15) is 0 Å². The number of hydrogen-bond acceptors (Lipinski definition) is 4. The van der Waals surface area contributed by atoms with E-state index in [4.69, 9.17) is 5.73 Å². The molecule has 4 heteroatoms. The molecule has 1 aliphatic rings. The summed E-state index contributed by atoms with van der Waals surface area (Å²) in [6.07, 6.45) is 5.49. The molecule has 1 fully saturated rings. The number of likely N-dealkylation sites (tertiary alicyclic amines) is 1. The lowest BCUT2D eigenvalue weighted by Crippen LogP contribution is -2.43. The SMILES string of the molecule is CCC(N)(CO)CCCN(C)CC1CCN(C)CC1. The van der Waals surface area contributed by atoms with Crippen LogP contribution in [0.2, 0.25) is 0 Å². The molecule has 19 heavy (non-hydrogen) atoms. The smallest absolute Gasteiger partial charge is 0.0611 e. The Kier molecular flexibility index (Phi) is 7.29. The molecule has 1 saturated heterocycles. The standard InChI is InChI=1S/C15H33N3O/c1-4-15(16,13-19)8-5-9-18(3)12-14-6-10-17(2)11-7-14/h14,19H,4-13,16H2,1-3H3. The van der Waals surface area contributed by atoms with Crippen LogP contribution in [0.25, 0.3) is 0 Å². The predicted molar refractivity (Wildman–Crippen MR) is 81.2 cm³/mol. The third-order valence-corrected chi connectivity index (χ3v) is 4.64. The third kappa shape index (κ3) is 6.21. The minimum absolute atomic E-state index is 0.0994. The summed E-state index contributed by atoms with van der Waals surface area (Å²) in [6, 6.07) is 0. The van der Waals surface area contributed by atoms with Gasteiger partial charge in [0, 0.05) is 12.1 Å². The molecule has 0 saturated carbocycles. The van der Waals surface area contributed by atoms with E-state index in [9.17, 15) is 5.11 Å². The Morgan fingerprint density at radius 2 is 2.00 bits per heavy atom. The maximum Gasteiger partial charge on any atom is 0.0611 e. The Hall–Kier alpha value is -0.160. The fraction of sp³-hybridized carbons (Fsp3) is 1.00. The van der Waals surface area contributed by atoms with Crippen LogP contribution in [0.4, 0.5) is 0 Å². The van der Waals surface area contributed by atoms with Crippen LogP contribution in [0.15, 0.2) is 0 Å². The monoisotopic (exact) mass is 271 g/mol. The van der Waals surface area contributed by atoms with Crippen molar-refractivity contribution in [2.24, 2.45) is 11.7 Å². The van der Waals surface area contributed by atoms with E-state index in [1.165, 1.54) is 32.5 Å². The molecule has 0 aromatic rings. The summed E-state index contributed by atoms with van der Waals surface area (Å²) >= 11 is 0. The van der Waals surface area contributed by atoms with Gasteiger partial charge in [0.05, 0.1) is 6.61 Å². The Bertz CT molecular complexity index is 236. The first-order valence-electron chi connectivity index (χ1n) is 7.76. The van der Waals surface area contributed by atoms with Crippen LogP contribution in [0, 0.1) is 5.92 Å². The molecule has 0 spiro atoms. The number of aliphatic hydroxyl groups excluding tert-OH is 1. The quantitative estimate of drug-likeness (QED) is 0.695. The summed E-state index contributed by atoms with van der Waals surface area (Å²) < 4.78 is 0. The Labute approximate surface area is 118 Å². The van der Waals surface area contributed by atoms with Gasteiger partial charge in [0.15, 0.2) is 0 Å². The number of nitrogens with zero attached hydrogens (tertiary/aromatic N) is 2. The molecular weight excluding hydrogens is 238 g/mol. The maximum absolute atomic E-state index is 9.29. The topological polar surface area (TPSA) is 52.7 Å². The van der Waals surface area contributed by atoms with Crippen LogP contribution in [0.3, 0.4) is 0 Å². The van der Waals surface area contributed by atoms with E-state index in [1.807, 2.05) is 0 Å². The molecule has 1 unspecified atom stereocenters. The van der Waals surface area contributed by atoms with E-state index in [1.54, 1.807) is 0 Å². The Balaban J connectivity index is 2.15. The van der Waals surface area contributed by atoms with Crippen LogP contribution in [-0.4, -0.2) is 67.3 Å². The molecule has 0 bridgehead atoms. The second kappa shape index (κ2) is 8.20. The zero-order valence-electron chi connectivity index (χ0n) is 13.1. The first-order valence-corrected chi connectivity index (χ1v) is 7.76. The van der Waals surface area contributed by atoms with Gasteiger partial charge in [0.25, 0.3) is 0 Å². The molecule has 1 atom stereocenters. The molecule has 1 aliphatic heterocycles. The van der Waals surface area contributed by atoms with Gasteiger partial charge >= 0.3 is 0 Å². The summed E-state index contributed by atoms with van der Waals surface area (Å²) in [4.78, 5) is 4.85. The average molecular weight is 271 g/mol. The fourth-order valence-electron chi connectivity index (χ4n) is 2.85. The van der Waals surface area contributed by atoms with Gasteiger partial charge in [-0.3, -0.25) is 0 Å². The second-order valence-electron chi connectivity index (χ2n) is 6.49. The molecule has 4 nitrogen and oxygen atoms in total. The largest absolute Gasteiger partial charge is 0.394 e. The van der Waals surface area contributed by atoms with Crippen molar-refractivity contribution in [1.82, 2.24) is 9.80 Å². The molecule has 0 radical (unpaired) electrons. The molecule has 0 aromatic heterocycles. The van der Waals surface area contributed by atoms with Gasteiger partial charge in [-0.05, 0) is 71.8 Å². The van der Waals surface area contributed by atoms with Crippen LogP contribution < -0.4 is 5.73 Å². The lowest BCUT2D eigenvalue weighted by Gasteiger charge is -2.32. The second-order valence-corrected chi connectivity index (χ2v) is 6.49. The van der Waals surface area contributed by atoms with E-state index in [2.05, 4.69) is 30.8 Å². The van der Waals surface area contributed by atoms with Gasteiger partial charge < -0.3 is 20.6 Å². The highest BCUT2D eigenvalue weighted by atomic mass is 16.3. The third-order valence-electron chi connectivity index (χ3n) is 4.64. The molecule has 0 amide bonds. The molecule has 1 rings (SSSR count). The Morgan fingerprint density at radius 3 is 2.53 bits per heavy atom. The van der Waals surface area contributed by atoms with Crippen LogP contribution in [-0.2, 0) is 0 Å². The lowest BCUT2D eigenvalue weighted by molar-refractivity contribution is 0.159. The van der Waals surface area contributed by atoms with E-state index in [-0.39, 0.29) is 12.1 Å². The predicted octanol–water partition coefficient (Wildman–Crippen LogP) is 1.14. The van der Waals surface area contributed by atoms with Crippen molar-refractivity contribution in [3.8, 4) is 0 Å². The van der Waals surface area contributed by atoms with Gasteiger partial charge in [-0.1, -0.05) is 6.92 Å². The number of nitrogens with two attached hydrogens (primary N) is 1. The zero-order chi connectivity index (χ0) is 14.3. The average Bonchev–Trinajstić information content (AvgIpc) is 2.41. The van der Waals surface area contributed by atoms with Crippen molar-refractivity contribution in [2.75, 3.05) is 46.9 Å². The highest BCUT2D eigenvalue weighted by molar-refractivity contribution is 4.82. The highest BCUT2D eigenvalue weighted by Gasteiger charge is 2.22. The van der Waals surface area contributed by atoms with Crippen molar-refractivity contribution < 1.29 is 5.11 Å². The maximum atomic E-state index is 9.29. The lowest BCUT2D eigenvalue weighted by atomic mass is 9.92. The van der Waals surface area contributed by atoms with E-state index in [0.717, 1.165) is 31.7 Å². The molecule has 1 heterocycles. The van der Waals surface area contributed by atoms with Crippen LogP contribution in [0.5, 0.6) is 0 Å². The molecular formula is C15H33N3O.